The predicted octanol–water partition coefficient (Wildman–Crippen LogP) is 4.06. The number of nitrogens with one attached hydrogen (secondary N) is 1. The summed E-state index contributed by atoms with van der Waals surface area (Å²) in [7, 11) is 1.65. The Morgan fingerprint density at radius 2 is 2.00 bits per heavy atom. The quantitative estimate of drug-likeness (QED) is 0.816. The van der Waals surface area contributed by atoms with E-state index in [1.54, 1.807) is 19.2 Å². The van der Waals surface area contributed by atoms with Crippen LogP contribution in [0.1, 0.15) is 18.0 Å². The molecule has 0 saturated heterocycles. The van der Waals surface area contributed by atoms with Crippen molar-refractivity contribution in [3.8, 4) is 0 Å². The topological polar surface area (TPSA) is 34.1 Å². The summed E-state index contributed by atoms with van der Waals surface area (Å²) in [6.45, 7) is 0.593. The summed E-state index contributed by atoms with van der Waals surface area (Å²) in [4.78, 5) is 3.82. The van der Waals surface area contributed by atoms with Crippen LogP contribution in [0.2, 0.25) is 5.02 Å². The van der Waals surface area contributed by atoms with Gasteiger partial charge in [-0.25, -0.2) is 4.98 Å². The summed E-state index contributed by atoms with van der Waals surface area (Å²) in [5.74, 6) is -0.00218. The molecule has 0 amide bonds. The van der Waals surface area contributed by atoms with E-state index in [2.05, 4.69) is 10.3 Å². The second kappa shape index (κ2) is 7.22. The molecule has 0 aliphatic rings. The standard InChI is InChI=1S/C15H16ClFN2O/c1-20-10-9-13(11-5-7-12(16)8-6-11)18-15-4-2-3-14(17)19-15/h2-8,13H,9-10H2,1H3,(H,18,19). The monoisotopic (exact) mass is 294 g/mol. The van der Waals surface area contributed by atoms with Crippen molar-refractivity contribution in [1.82, 2.24) is 4.98 Å². The first-order chi connectivity index (χ1) is 9.69. The van der Waals surface area contributed by atoms with E-state index in [4.69, 9.17) is 16.3 Å². The zero-order chi connectivity index (χ0) is 14.4. The minimum Gasteiger partial charge on any atom is -0.385 e. The van der Waals surface area contributed by atoms with Crippen LogP contribution in [0.4, 0.5) is 10.2 Å². The van der Waals surface area contributed by atoms with Gasteiger partial charge in [-0.3, -0.25) is 0 Å². The Morgan fingerprint density at radius 3 is 2.65 bits per heavy atom. The second-order valence-electron chi connectivity index (χ2n) is 4.38. The van der Waals surface area contributed by atoms with Crippen LogP contribution >= 0.6 is 11.6 Å². The first-order valence-electron chi connectivity index (χ1n) is 6.32. The van der Waals surface area contributed by atoms with E-state index in [1.807, 2.05) is 24.3 Å². The molecule has 5 heteroatoms. The van der Waals surface area contributed by atoms with E-state index < -0.39 is 5.95 Å². The predicted molar refractivity (Wildman–Crippen MR) is 78.5 cm³/mol. The van der Waals surface area contributed by atoms with Gasteiger partial charge >= 0.3 is 0 Å². The van der Waals surface area contributed by atoms with Crippen LogP contribution in [0.5, 0.6) is 0 Å². The Balaban J connectivity index is 2.16. The minimum atomic E-state index is -0.503. The number of anilines is 1. The number of nitrogens with zero attached hydrogens (tertiary/aromatic N) is 1. The van der Waals surface area contributed by atoms with Crippen molar-refractivity contribution in [2.45, 2.75) is 12.5 Å². The Labute approximate surface area is 122 Å². The third-order valence-electron chi connectivity index (χ3n) is 2.92. The van der Waals surface area contributed by atoms with Gasteiger partial charge in [-0.1, -0.05) is 29.8 Å². The molecule has 106 valence electrons. The molecule has 0 radical (unpaired) electrons. The van der Waals surface area contributed by atoms with E-state index >= 15 is 0 Å². The Hall–Kier alpha value is -1.65. The highest BCUT2D eigenvalue weighted by atomic mass is 35.5. The lowest BCUT2D eigenvalue weighted by Crippen LogP contribution is -2.14. The van der Waals surface area contributed by atoms with Crippen LogP contribution in [0, 0.1) is 5.95 Å². The van der Waals surface area contributed by atoms with E-state index in [1.165, 1.54) is 6.07 Å². The minimum absolute atomic E-state index is 0.0125. The van der Waals surface area contributed by atoms with E-state index in [0.29, 0.717) is 17.4 Å². The van der Waals surface area contributed by atoms with Crippen molar-refractivity contribution in [1.29, 1.82) is 0 Å². The van der Waals surface area contributed by atoms with Gasteiger partial charge in [0.15, 0.2) is 0 Å². The molecule has 3 nitrogen and oxygen atoms in total. The molecule has 2 rings (SSSR count). The van der Waals surface area contributed by atoms with Crippen LogP contribution in [-0.4, -0.2) is 18.7 Å². The third kappa shape index (κ3) is 4.18. The van der Waals surface area contributed by atoms with Crippen LogP contribution in [-0.2, 0) is 4.74 Å². The molecule has 20 heavy (non-hydrogen) atoms. The number of hydrogen-bond acceptors (Lipinski definition) is 3. The summed E-state index contributed by atoms with van der Waals surface area (Å²) in [5.41, 5.74) is 1.05. The number of methoxy groups -OCH3 is 1. The van der Waals surface area contributed by atoms with Crippen molar-refractivity contribution < 1.29 is 9.13 Å². The molecule has 1 unspecified atom stereocenters. The lowest BCUT2D eigenvalue weighted by Gasteiger charge is -2.19. The lowest BCUT2D eigenvalue weighted by molar-refractivity contribution is 0.190. The normalized spacial score (nSPS) is 12.2. The summed E-state index contributed by atoms with van der Waals surface area (Å²) in [5, 5.41) is 3.90. The molecule has 1 aromatic heterocycles. The van der Waals surface area contributed by atoms with Gasteiger partial charge in [-0.15, -0.1) is 0 Å². The highest BCUT2D eigenvalue weighted by Crippen LogP contribution is 2.23. The van der Waals surface area contributed by atoms with Gasteiger partial charge in [0, 0.05) is 18.7 Å². The Kier molecular flexibility index (Phi) is 5.32. The van der Waals surface area contributed by atoms with Crippen LogP contribution in [0.15, 0.2) is 42.5 Å². The first kappa shape index (κ1) is 14.8. The van der Waals surface area contributed by atoms with Crippen LogP contribution in [0.25, 0.3) is 0 Å². The van der Waals surface area contributed by atoms with E-state index in [-0.39, 0.29) is 6.04 Å². The fourth-order valence-electron chi connectivity index (χ4n) is 1.92. The average Bonchev–Trinajstić information content (AvgIpc) is 2.44. The summed E-state index contributed by atoms with van der Waals surface area (Å²) >= 11 is 5.89. The lowest BCUT2D eigenvalue weighted by atomic mass is 10.0. The average molecular weight is 295 g/mol. The van der Waals surface area contributed by atoms with E-state index in [0.717, 1.165) is 12.0 Å². The zero-order valence-electron chi connectivity index (χ0n) is 11.1. The number of aromatic nitrogens is 1. The SMILES string of the molecule is COCCC(Nc1cccc(F)n1)c1ccc(Cl)cc1. The number of pyridine rings is 1. The van der Waals surface area contributed by atoms with Crippen LogP contribution < -0.4 is 5.32 Å². The maximum atomic E-state index is 13.1. The molecular weight excluding hydrogens is 279 g/mol. The van der Waals surface area contributed by atoms with Crippen molar-refractivity contribution in [2.24, 2.45) is 0 Å². The smallest absolute Gasteiger partial charge is 0.214 e. The number of rotatable bonds is 6. The highest BCUT2D eigenvalue weighted by Gasteiger charge is 2.12. The molecule has 1 atom stereocenters. The highest BCUT2D eigenvalue weighted by molar-refractivity contribution is 6.30. The van der Waals surface area contributed by atoms with Gasteiger partial charge in [-0.2, -0.15) is 4.39 Å². The molecule has 2 aromatic rings. The Morgan fingerprint density at radius 1 is 1.25 bits per heavy atom. The molecule has 1 N–H and O–H groups in total. The molecule has 0 fully saturated rings. The van der Waals surface area contributed by atoms with Crippen molar-refractivity contribution >= 4 is 17.4 Å². The van der Waals surface area contributed by atoms with Gasteiger partial charge in [0.05, 0.1) is 6.04 Å². The molecule has 0 aliphatic heterocycles. The third-order valence-corrected chi connectivity index (χ3v) is 3.17. The molecular formula is C15H16ClFN2O. The molecule has 0 aliphatic carbocycles. The zero-order valence-corrected chi connectivity index (χ0v) is 11.9. The summed E-state index contributed by atoms with van der Waals surface area (Å²) in [6.07, 6.45) is 0.746. The molecule has 0 spiro atoms. The first-order valence-corrected chi connectivity index (χ1v) is 6.70. The summed E-state index contributed by atoms with van der Waals surface area (Å²) < 4.78 is 18.3. The van der Waals surface area contributed by atoms with Gasteiger partial charge in [0.25, 0.3) is 0 Å². The van der Waals surface area contributed by atoms with Crippen LogP contribution in [0.3, 0.4) is 0 Å². The largest absolute Gasteiger partial charge is 0.385 e. The molecule has 0 saturated carbocycles. The number of ether oxygens (including phenoxy) is 1. The van der Waals surface area contributed by atoms with Gasteiger partial charge in [0.1, 0.15) is 5.82 Å². The van der Waals surface area contributed by atoms with Gasteiger partial charge in [0.2, 0.25) is 5.95 Å². The van der Waals surface area contributed by atoms with Crippen molar-refractivity contribution in [3.05, 3.63) is 59.0 Å². The maximum Gasteiger partial charge on any atom is 0.214 e. The fourth-order valence-corrected chi connectivity index (χ4v) is 2.05. The number of halogens is 2. The van der Waals surface area contributed by atoms with Crippen molar-refractivity contribution in [2.75, 3.05) is 19.0 Å². The Bertz CT molecular complexity index is 548. The molecule has 1 heterocycles. The number of benzene rings is 1. The number of hydrogen-bond donors (Lipinski definition) is 1. The van der Waals surface area contributed by atoms with Gasteiger partial charge in [-0.05, 0) is 36.2 Å². The maximum absolute atomic E-state index is 13.1. The summed E-state index contributed by atoms with van der Waals surface area (Å²) in [6, 6.07) is 12.2. The van der Waals surface area contributed by atoms with Gasteiger partial charge < -0.3 is 10.1 Å². The molecule has 0 bridgehead atoms. The fraction of sp³-hybridized carbons (Fsp3) is 0.267. The van der Waals surface area contributed by atoms with E-state index in [9.17, 15) is 4.39 Å². The second-order valence-corrected chi connectivity index (χ2v) is 4.81. The molecule has 1 aromatic carbocycles. The van der Waals surface area contributed by atoms with Crippen molar-refractivity contribution in [3.63, 3.8) is 0 Å².